The molecule has 0 aliphatic rings. The molecule has 2 heterocycles. The Labute approximate surface area is 192 Å². The minimum Gasteiger partial charge on any atom is -0.497 e. The molecule has 0 unspecified atom stereocenters. The average Bonchev–Trinajstić information content (AvgIpc) is 3.34. The largest absolute Gasteiger partial charge is 0.497 e. The summed E-state index contributed by atoms with van der Waals surface area (Å²) in [5.74, 6) is 0.846. The van der Waals surface area contributed by atoms with E-state index in [0.29, 0.717) is 0 Å². The zero-order valence-electron chi connectivity index (χ0n) is 18.5. The zero-order valence-corrected chi connectivity index (χ0v) is 19.3. The number of nitrogens with one attached hydrogen (secondary N) is 1. The van der Waals surface area contributed by atoms with Crippen LogP contribution in [0.15, 0.2) is 88.8 Å². The van der Waals surface area contributed by atoms with Crippen LogP contribution in [-0.4, -0.2) is 13.7 Å². The van der Waals surface area contributed by atoms with Crippen molar-refractivity contribution in [1.29, 1.82) is 0 Å². The highest BCUT2D eigenvalue weighted by molar-refractivity contribution is 7.12. The van der Waals surface area contributed by atoms with Gasteiger partial charge in [0.1, 0.15) is 11.4 Å². The van der Waals surface area contributed by atoms with Crippen molar-refractivity contribution in [3.05, 3.63) is 89.7 Å². The summed E-state index contributed by atoms with van der Waals surface area (Å²) in [6.07, 6.45) is 6.10. The fraction of sp³-hybridized carbons (Fsp3) is 0.200. The molecule has 0 spiro atoms. The summed E-state index contributed by atoms with van der Waals surface area (Å²) < 4.78 is 7.55. The van der Waals surface area contributed by atoms with Crippen LogP contribution < -0.4 is 19.2 Å². The molecule has 7 heteroatoms. The van der Waals surface area contributed by atoms with Gasteiger partial charge in [0.25, 0.3) is 0 Å². The lowest BCUT2D eigenvalue weighted by atomic mass is 10.1. The Morgan fingerprint density at radius 1 is 0.969 bits per heavy atom. The molecule has 0 aliphatic heterocycles. The second-order valence-corrected chi connectivity index (χ2v) is 8.40. The third kappa shape index (κ3) is 5.36. The van der Waals surface area contributed by atoms with E-state index >= 15 is 0 Å². The number of azo groups is 1. The van der Waals surface area contributed by atoms with Crippen LogP contribution in [0, 0.1) is 13.8 Å². The molecule has 0 aliphatic carbocycles. The van der Waals surface area contributed by atoms with Gasteiger partial charge in [-0.3, -0.25) is 0 Å². The molecule has 0 fully saturated rings. The molecule has 0 amide bonds. The topological polar surface area (TPSA) is 55.2 Å². The van der Waals surface area contributed by atoms with E-state index in [0.717, 1.165) is 46.6 Å². The number of hydrogen-bond donors (Lipinski definition) is 0. The van der Waals surface area contributed by atoms with Crippen molar-refractivity contribution in [3.63, 3.8) is 0 Å². The molecule has 0 radical (unpaired) electrons. The summed E-state index contributed by atoms with van der Waals surface area (Å²) in [5.41, 5.74) is 5.42. The number of aryl methyl sites for hydroxylation is 2. The number of benzene rings is 2. The van der Waals surface area contributed by atoms with Crippen LogP contribution in [0.5, 0.6) is 5.75 Å². The van der Waals surface area contributed by atoms with Gasteiger partial charge in [-0.1, -0.05) is 0 Å². The molecule has 4 aromatic rings. The highest BCUT2D eigenvalue weighted by Crippen LogP contribution is 2.31. The van der Waals surface area contributed by atoms with Crippen LogP contribution in [0.1, 0.15) is 11.1 Å². The van der Waals surface area contributed by atoms with Crippen molar-refractivity contribution >= 4 is 33.5 Å². The Bertz CT molecular complexity index is 1170. The first-order chi connectivity index (χ1) is 15.6. The molecule has 162 valence electrons. The van der Waals surface area contributed by atoms with Gasteiger partial charge < -0.3 is 9.64 Å². The number of aromatic amines is 1. The maximum Gasteiger partial charge on any atom is 0.406 e. The standard InChI is InChI=1S/C25H26N5OS/c1-19-10-13-29(14-11-19)15-16-30(21-4-7-23(31-3)8-5-21)22-6-9-24(20(2)18-22)27-28-25-26-12-17-32-25/h4-14,17-18H,15-16H2,1-3H3/q+1/p+1. The van der Waals surface area contributed by atoms with Gasteiger partial charge in [-0.15, -0.1) is 0 Å². The lowest BCUT2D eigenvalue weighted by Crippen LogP contribution is -2.38. The SMILES string of the molecule is COc1ccc(N(CC[n+]2ccc(C)cc2)c2ccc(N=Nc3[nH+]ccs3)c(C)c2)cc1. The minimum absolute atomic E-state index is 0.781. The summed E-state index contributed by atoms with van der Waals surface area (Å²) in [4.78, 5) is 5.37. The van der Waals surface area contributed by atoms with Crippen LogP contribution in [0.3, 0.4) is 0 Å². The highest BCUT2D eigenvalue weighted by Gasteiger charge is 2.14. The molecule has 0 saturated carbocycles. The number of hydrogen-bond acceptors (Lipinski definition) is 5. The summed E-state index contributed by atoms with van der Waals surface area (Å²) in [5, 5.41) is 11.4. The fourth-order valence-corrected chi connectivity index (χ4v) is 3.86. The maximum atomic E-state index is 5.34. The first-order valence-corrected chi connectivity index (χ1v) is 11.4. The molecule has 6 nitrogen and oxygen atoms in total. The number of H-pyrrole nitrogens is 1. The lowest BCUT2D eigenvalue weighted by molar-refractivity contribution is -0.694. The van der Waals surface area contributed by atoms with Crippen LogP contribution >= 0.6 is 11.3 Å². The van der Waals surface area contributed by atoms with Crippen molar-refractivity contribution in [3.8, 4) is 5.75 Å². The van der Waals surface area contributed by atoms with E-state index in [1.54, 1.807) is 7.11 Å². The molecular weight excluding hydrogens is 418 g/mol. The Morgan fingerprint density at radius 3 is 2.38 bits per heavy atom. The number of methoxy groups -OCH3 is 1. The van der Waals surface area contributed by atoms with Crippen LogP contribution in [0.4, 0.5) is 22.2 Å². The van der Waals surface area contributed by atoms with E-state index in [2.05, 4.69) is 87.3 Å². The Kier molecular flexibility index (Phi) is 6.87. The molecule has 2 aromatic heterocycles. The molecule has 2 aromatic carbocycles. The van der Waals surface area contributed by atoms with Gasteiger partial charge in [0.05, 0.1) is 25.0 Å². The number of nitrogens with zero attached hydrogens (tertiary/aromatic N) is 4. The van der Waals surface area contributed by atoms with E-state index < -0.39 is 0 Å². The zero-order chi connectivity index (χ0) is 22.3. The van der Waals surface area contributed by atoms with Gasteiger partial charge in [-0.05, 0) is 83.9 Å². The smallest absolute Gasteiger partial charge is 0.406 e. The van der Waals surface area contributed by atoms with Crippen molar-refractivity contribution in [2.45, 2.75) is 20.4 Å². The van der Waals surface area contributed by atoms with Crippen molar-refractivity contribution < 1.29 is 14.3 Å². The van der Waals surface area contributed by atoms with Crippen LogP contribution in [0.2, 0.25) is 0 Å². The van der Waals surface area contributed by atoms with E-state index in [-0.39, 0.29) is 0 Å². The van der Waals surface area contributed by atoms with E-state index in [9.17, 15) is 0 Å². The Morgan fingerprint density at radius 2 is 1.72 bits per heavy atom. The van der Waals surface area contributed by atoms with Gasteiger partial charge in [0, 0.05) is 28.9 Å². The minimum atomic E-state index is 0.781. The van der Waals surface area contributed by atoms with Gasteiger partial charge in [-0.2, -0.15) is 0 Å². The van der Waals surface area contributed by atoms with Crippen LogP contribution in [-0.2, 0) is 6.54 Å². The number of thiazole rings is 1. The fourth-order valence-electron chi connectivity index (χ4n) is 3.38. The van der Waals surface area contributed by atoms with Crippen molar-refractivity contribution in [2.75, 3.05) is 18.6 Å². The van der Waals surface area contributed by atoms with Gasteiger partial charge in [-0.25, -0.2) is 9.55 Å². The van der Waals surface area contributed by atoms with Crippen LogP contribution in [0.25, 0.3) is 0 Å². The lowest BCUT2D eigenvalue weighted by Gasteiger charge is -2.24. The Hall–Kier alpha value is -3.58. The second kappa shape index (κ2) is 10.2. The van der Waals surface area contributed by atoms with E-state index in [4.69, 9.17) is 4.74 Å². The number of ether oxygens (including phenoxy) is 1. The predicted molar refractivity (Wildman–Crippen MR) is 128 cm³/mol. The number of rotatable bonds is 8. The maximum absolute atomic E-state index is 5.34. The number of anilines is 2. The second-order valence-electron chi connectivity index (χ2n) is 7.50. The summed E-state index contributed by atoms with van der Waals surface area (Å²) in [7, 11) is 1.69. The first-order valence-electron chi connectivity index (χ1n) is 10.5. The first kappa shape index (κ1) is 21.6. The molecule has 4 rings (SSSR count). The van der Waals surface area contributed by atoms with Gasteiger partial charge in [0.15, 0.2) is 18.9 Å². The van der Waals surface area contributed by atoms with Gasteiger partial charge >= 0.3 is 5.13 Å². The quantitative estimate of drug-likeness (QED) is 0.257. The highest BCUT2D eigenvalue weighted by atomic mass is 32.1. The summed E-state index contributed by atoms with van der Waals surface area (Å²) >= 11 is 1.52. The number of aromatic nitrogens is 2. The molecule has 32 heavy (non-hydrogen) atoms. The number of pyridine rings is 1. The van der Waals surface area contributed by atoms with Crippen molar-refractivity contribution in [1.82, 2.24) is 0 Å². The molecule has 0 bridgehead atoms. The average molecular weight is 446 g/mol. The molecule has 0 atom stereocenters. The monoisotopic (exact) mass is 445 g/mol. The van der Waals surface area contributed by atoms with E-state index in [1.807, 2.05) is 29.8 Å². The van der Waals surface area contributed by atoms with Crippen molar-refractivity contribution in [2.24, 2.45) is 10.2 Å². The normalized spacial score (nSPS) is 11.1. The molecule has 1 N–H and O–H groups in total. The predicted octanol–water partition coefficient (Wildman–Crippen LogP) is 5.73. The van der Waals surface area contributed by atoms with Gasteiger partial charge in [0.2, 0.25) is 0 Å². The van der Waals surface area contributed by atoms with E-state index in [1.165, 1.54) is 16.9 Å². The summed E-state index contributed by atoms with van der Waals surface area (Å²) in [6, 6.07) is 18.7. The Balaban J connectivity index is 1.60. The third-order valence-corrected chi connectivity index (χ3v) is 5.91. The summed E-state index contributed by atoms with van der Waals surface area (Å²) in [6.45, 7) is 5.86. The molecule has 0 saturated heterocycles. The molecular formula is C25H27N5OS+2. The third-order valence-electron chi connectivity index (χ3n) is 5.22.